The van der Waals surface area contributed by atoms with Crippen molar-refractivity contribution >= 4 is 28.5 Å². The normalized spacial score (nSPS) is 13.7. The van der Waals surface area contributed by atoms with Crippen LogP contribution in [0.25, 0.3) is 10.9 Å². The van der Waals surface area contributed by atoms with Crippen LogP contribution in [0.5, 0.6) is 5.75 Å². The summed E-state index contributed by atoms with van der Waals surface area (Å²) in [6.45, 7) is 0.909. The summed E-state index contributed by atoms with van der Waals surface area (Å²) in [5.41, 5.74) is 4.61. The number of aliphatic imine (C=N–C) groups is 1. The Kier molecular flexibility index (Phi) is 2.67. The van der Waals surface area contributed by atoms with Crippen LogP contribution in [0, 0.1) is 0 Å². The molecule has 104 valence electrons. The van der Waals surface area contributed by atoms with Gasteiger partial charge in [-0.3, -0.25) is 4.99 Å². The number of H-pyrrole nitrogens is 1. The molecule has 0 fully saturated rings. The van der Waals surface area contributed by atoms with Crippen molar-refractivity contribution in [1.82, 2.24) is 4.98 Å². The van der Waals surface area contributed by atoms with Gasteiger partial charge in [-0.15, -0.1) is 0 Å². The lowest BCUT2D eigenvalue weighted by atomic mass is 10.0. The third kappa shape index (κ3) is 1.96. The number of phenolic OH excluding ortho intramolecular Hbond substituents is 1. The van der Waals surface area contributed by atoms with Gasteiger partial charge in [0.1, 0.15) is 5.69 Å². The summed E-state index contributed by atoms with van der Waals surface area (Å²) < 4.78 is 0. The van der Waals surface area contributed by atoms with Crippen molar-refractivity contribution in [3.8, 4) is 5.75 Å². The molecule has 0 radical (unpaired) electrons. The molecule has 4 heteroatoms. The van der Waals surface area contributed by atoms with Gasteiger partial charge in [-0.2, -0.15) is 0 Å². The summed E-state index contributed by atoms with van der Waals surface area (Å²) in [6, 6.07) is 11.8. The molecule has 0 spiro atoms. The van der Waals surface area contributed by atoms with Gasteiger partial charge in [-0.05, 0) is 23.6 Å². The number of anilines is 1. The van der Waals surface area contributed by atoms with Crippen LogP contribution in [0.3, 0.4) is 0 Å². The molecule has 0 saturated carbocycles. The molecule has 0 aliphatic carbocycles. The zero-order valence-electron chi connectivity index (χ0n) is 11.4. The van der Waals surface area contributed by atoms with Gasteiger partial charge in [0.05, 0.1) is 5.52 Å². The fourth-order valence-corrected chi connectivity index (χ4v) is 2.81. The summed E-state index contributed by atoms with van der Waals surface area (Å²) in [7, 11) is 0. The lowest BCUT2D eigenvalue weighted by molar-refractivity contribution is 0.482. The predicted octanol–water partition coefficient (Wildman–Crippen LogP) is 3.59. The van der Waals surface area contributed by atoms with E-state index in [1.54, 1.807) is 6.21 Å². The molecule has 0 unspecified atom stereocenters. The average Bonchev–Trinajstić information content (AvgIpc) is 2.96. The SMILES string of the molecule is Oc1c(N=Cc2ccccc2)cc2c3c(c[nH]c13)CCN2. The maximum atomic E-state index is 10.4. The molecule has 4 nitrogen and oxygen atoms in total. The third-order valence-electron chi connectivity index (χ3n) is 3.85. The van der Waals surface area contributed by atoms with E-state index in [9.17, 15) is 5.11 Å². The number of hydrogen-bond donors (Lipinski definition) is 3. The van der Waals surface area contributed by atoms with Crippen LogP contribution in [-0.4, -0.2) is 22.8 Å². The molecule has 3 N–H and O–H groups in total. The van der Waals surface area contributed by atoms with E-state index in [1.807, 2.05) is 42.6 Å². The van der Waals surface area contributed by atoms with E-state index < -0.39 is 0 Å². The molecule has 0 bridgehead atoms. The van der Waals surface area contributed by atoms with Gasteiger partial charge in [0, 0.05) is 30.0 Å². The number of aromatic hydroxyl groups is 1. The Hall–Kier alpha value is -2.75. The third-order valence-corrected chi connectivity index (χ3v) is 3.85. The number of nitrogens with one attached hydrogen (secondary N) is 2. The van der Waals surface area contributed by atoms with Crippen molar-refractivity contribution in [3.05, 3.63) is 53.7 Å². The Morgan fingerprint density at radius 3 is 2.90 bits per heavy atom. The van der Waals surface area contributed by atoms with E-state index in [1.165, 1.54) is 5.56 Å². The molecule has 0 atom stereocenters. The summed E-state index contributed by atoms with van der Waals surface area (Å²) in [4.78, 5) is 7.60. The maximum absolute atomic E-state index is 10.4. The van der Waals surface area contributed by atoms with E-state index in [4.69, 9.17) is 0 Å². The first-order valence-electron chi connectivity index (χ1n) is 7.02. The van der Waals surface area contributed by atoms with Crippen molar-refractivity contribution in [2.45, 2.75) is 6.42 Å². The van der Waals surface area contributed by atoms with E-state index in [2.05, 4.69) is 15.3 Å². The molecular formula is C17H15N3O. The molecule has 0 saturated heterocycles. The second-order valence-electron chi connectivity index (χ2n) is 5.20. The number of aromatic amines is 1. The Bertz CT molecular complexity index is 834. The van der Waals surface area contributed by atoms with Gasteiger partial charge in [0.15, 0.2) is 5.75 Å². The Morgan fingerprint density at radius 1 is 1.19 bits per heavy atom. The van der Waals surface area contributed by atoms with Crippen molar-refractivity contribution in [2.24, 2.45) is 4.99 Å². The van der Waals surface area contributed by atoms with E-state index in [0.717, 1.165) is 35.1 Å². The van der Waals surface area contributed by atoms with E-state index in [0.29, 0.717) is 5.69 Å². The smallest absolute Gasteiger partial charge is 0.165 e. The Morgan fingerprint density at radius 2 is 2.05 bits per heavy atom. The molecule has 21 heavy (non-hydrogen) atoms. The number of benzene rings is 2. The summed E-state index contributed by atoms with van der Waals surface area (Å²) >= 11 is 0. The minimum Gasteiger partial charge on any atom is -0.504 e. The van der Waals surface area contributed by atoms with E-state index >= 15 is 0 Å². The zero-order valence-corrected chi connectivity index (χ0v) is 11.4. The second kappa shape index (κ2) is 4.66. The molecule has 3 aromatic rings. The monoisotopic (exact) mass is 277 g/mol. The number of rotatable bonds is 2. The van der Waals surface area contributed by atoms with Crippen LogP contribution in [0.4, 0.5) is 11.4 Å². The minimum absolute atomic E-state index is 0.205. The van der Waals surface area contributed by atoms with E-state index in [-0.39, 0.29) is 5.75 Å². The lowest BCUT2D eigenvalue weighted by Crippen LogP contribution is -2.09. The predicted molar refractivity (Wildman–Crippen MR) is 85.9 cm³/mol. The van der Waals surface area contributed by atoms with Crippen molar-refractivity contribution in [1.29, 1.82) is 0 Å². The first kappa shape index (κ1) is 12.0. The molecule has 4 rings (SSSR count). The van der Waals surface area contributed by atoms with Crippen LogP contribution < -0.4 is 5.32 Å². The average molecular weight is 277 g/mol. The maximum Gasteiger partial charge on any atom is 0.165 e. The highest BCUT2D eigenvalue weighted by Crippen LogP contribution is 2.42. The highest BCUT2D eigenvalue weighted by atomic mass is 16.3. The zero-order chi connectivity index (χ0) is 14.2. The lowest BCUT2D eigenvalue weighted by Gasteiger charge is -2.16. The summed E-state index contributed by atoms with van der Waals surface area (Å²) in [5, 5.41) is 14.9. The number of phenols is 1. The molecule has 1 aliphatic rings. The molecule has 2 aromatic carbocycles. The van der Waals surface area contributed by atoms with Crippen LogP contribution in [0.1, 0.15) is 11.1 Å². The summed E-state index contributed by atoms with van der Waals surface area (Å²) in [5.74, 6) is 0.205. The largest absolute Gasteiger partial charge is 0.504 e. The highest BCUT2D eigenvalue weighted by Gasteiger charge is 2.18. The second-order valence-corrected chi connectivity index (χ2v) is 5.20. The quantitative estimate of drug-likeness (QED) is 0.495. The molecule has 2 heterocycles. The van der Waals surface area contributed by atoms with Crippen LogP contribution >= 0.6 is 0 Å². The first-order chi connectivity index (χ1) is 10.3. The van der Waals surface area contributed by atoms with Gasteiger partial charge >= 0.3 is 0 Å². The number of hydrogen-bond acceptors (Lipinski definition) is 3. The van der Waals surface area contributed by atoms with Gasteiger partial charge in [-0.1, -0.05) is 30.3 Å². The van der Waals surface area contributed by atoms with Crippen molar-refractivity contribution < 1.29 is 5.11 Å². The Balaban J connectivity index is 1.83. The van der Waals surface area contributed by atoms with Gasteiger partial charge in [0.25, 0.3) is 0 Å². The van der Waals surface area contributed by atoms with Gasteiger partial charge in [-0.25, -0.2) is 0 Å². The Labute approximate surface area is 122 Å². The van der Waals surface area contributed by atoms with Gasteiger partial charge in [0.2, 0.25) is 0 Å². The summed E-state index contributed by atoms with van der Waals surface area (Å²) in [6.07, 6.45) is 4.71. The molecular weight excluding hydrogens is 262 g/mol. The number of aromatic nitrogens is 1. The minimum atomic E-state index is 0.205. The molecule has 1 aromatic heterocycles. The van der Waals surface area contributed by atoms with Crippen molar-refractivity contribution in [3.63, 3.8) is 0 Å². The molecule has 1 aliphatic heterocycles. The fraction of sp³-hybridized carbons (Fsp3) is 0.118. The van der Waals surface area contributed by atoms with Crippen molar-refractivity contribution in [2.75, 3.05) is 11.9 Å². The highest BCUT2D eigenvalue weighted by molar-refractivity contribution is 6.03. The van der Waals surface area contributed by atoms with Crippen LogP contribution in [0.2, 0.25) is 0 Å². The van der Waals surface area contributed by atoms with Crippen LogP contribution in [0.15, 0.2) is 47.6 Å². The van der Waals surface area contributed by atoms with Crippen LogP contribution in [-0.2, 0) is 6.42 Å². The first-order valence-corrected chi connectivity index (χ1v) is 7.02. The van der Waals surface area contributed by atoms with Gasteiger partial charge < -0.3 is 15.4 Å². The fourth-order valence-electron chi connectivity index (χ4n) is 2.81. The number of nitrogens with zero attached hydrogens (tertiary/aromatic N) is 1. The topological polar surface area (TPSA) is 60.4 Å². The standard InChI is InChI=1S/C17H15N3O/c21-17-14(19-9-11-4-2-1-3-5-11)8-13-15-12(6-7-18-13)10-20-16(15)17/h1-5,8-10,18,20-21H,6-7H2. The molecule has 0 amide bonds.